The quantitative estimate of drug-likeness (QED) is 0.540. The first-order valence-electron chi connectivity index (χ1n) is 10.1. The first-order chi connectivity index (χ1) is 15.3. The monoisotopic (exact) mass is 469 g/mol. The third-order valence-electron chi connectivity index (χ3n) is 5.44. The lowest BCUT2D eigenvalue weighted by Gasteiger charge is -2.25. The van der Waals surface area contributed by atoms with Gasteiger partial charge in [-0.1, -0.05) is 47.6 Å². The standard InChI is InChI=1S/C23H24ClN5O2S/c1-23(2,16-8-10-17(24)11-9-16)21-25-26-22-29(21)27-19(14-32-22)20(30)28(3)13-15-6-5-7-18(12-15)31-4/h5-12H,13-14H2,1-4H3. The smallest absolute Gasteiger partial charge is 0.271 e. The topological polar surface area (TPSA) is 72.6 Å². The molecular formula is C23H24ClN5O2S. The normalized spacial score (nSPS) is 13.3. The van der Waals surface area contributed by atoms with Crippen molar-refractivity contribution in [2.24, 2.45) is 5.10 Å². The van der Waals surface area contributed by atoms with Crippen molar-refractivity contribution in [1.29, 1.82) is 0 Å². The van der Waals surface area contributed by atoms with Crippen molar-refractivity contribution in [3.8, 4) is 5.75 Å². The van der Waals surface area contributed by atoms with Gasteiger partial charge in [0.05, 0.1) is 18.3 Å². The van der Waals surface area contributed by atoms with Crippen LogP contribution >= 0.6 is 23.4 Å². The van der Waals surface area contributed by atoms with E-state index in [0.29, 0.717) is 34.0 Å². The number of hydrogen-bond acceptors (Lipinski definition) is 6. The van der Waals surface area contributed by atoms with Crippen molar-refractivity contribution >= 4 is 35.0 Å². The van der Waals surface area contributed by atoms with Crippen LogP contribution in [0, 0.1) is 0 Å². The molecule has 0 atom stereocenters. The number of benzene rings is 2. The average Bonchev–Trinajstić information content (AvgIpc) is 3.23. The first-order valence-corrected chi connectivity index (χ1v) is 11.5. The van der Waals surface area contributed by atoms with E-state index in [1.807, 2.05) is 48.5 Å². The predicted molar refractivity (Wildman–Crippen MR) is 127 cm³/mol. The number of halogens is 1. The molecule has 3 aromatic rings. The van der Waals surface area contributed by atoms with Crippen LogP contribution in [0.1, 0.15) is 30.8 Å². The molecule has 0 saturated carbocycles. The lowest BCUT2D eigenvalue weighted by Crippen LogP contribution is -2.36. The van der Waals surface area contributed by atoms with Crippen LogP contribution in [0.25, 0.3) is 0 Å². The van der Waals surface area contributed by atoms with Crippen LogP contribution in [-0.2, 0) is 16.8 Å². The Labute approximate surface area is 196 Å². The summed E-state index contributed by atoms with van der Waals surface area (Å²) in [4.78, 5) is 14.8. The molecule has 0 N–H and O–H groups in total. The molecule has 4 rings (SSSR count). The highest BCUT2D eigenvalue weighted by atomic mass is 35.5. The molecule has 0 unspecified atom stereocenters. The van der Waals surface area contributed by atoms with E-state index in [4.69, 9.17) is 16.3 Å². The summed E-state index contributed by atoms with van der Waals surface area (Å²) in [6.45, 7) is 4.56. The number of carbonyl (C=O) groups excluding carboxylic acids is 1. The summed E-state index contributed by atoms with van der Waals surface area (Å²) in [6.07, 6.45) is 0. The highest BCUT2D eigenvalue weighted by molar-refractivity contribution is 8.00. The number of ether oxygens (including phenoxy) is 1. The lowest BCUT2D eigenvalue weighted by molar-refractivity contribution is -0.123. The zero-order valence-corrected chi connectivity index (χ0v) is 19.9. The second-order valence-corrected chi connectivity index (χ2v) is 9.48. The number of rotatable bonds is 6. The molecule has 1 aliphatic rings. The van der Waals surface area contributed by atoms with E-state index in [1.54, 1.807) is 23.7 Å². The molecule has 9 heteroatoms. The van der Waals surface area contributed by atoms with Gasteiger partial charge in [0.2, 0.25) is 5.16 Å². The van der Waals surface area contributed by atoms with E-state index in [0.717, 1.165) is 16.9 Å². The Balaban J connectivity index is 1.59. The predicted octanol–water partition coefficient (Wildman–Crippen LogP) is 4.23. The maximum atomic E-state index is 13.1. The maximum absolute atomic E-state index is 13.1. The number of methoxy groups -OCH3 is 1. The number of carbonyl (C=O) groups is 1. The molecule has 2 heterocycles. The van der Waals surface area contributed by atoms with Gasteiger partial charge in [0.25, 0.3) is 5.91 Å². The Hall–Kier alpha value is -2.84. The molecule has 0 spiro atoms. The Morgan fingerprint density at radius 1 is 1.22 bits per heavy atom. The van der Waals surface area contributed by atoms with Crippen LogP contribution in [0.2, 0.25) is 5.02 Å². The summed E-state index contributed by atoms with van der Waals surface area (Å²) in [5.41, 5.74) is 2.00. The zero-order chi connectivity index (χ0) is 22.9. The Kier molecular flexibility index (Phi) is 6.26. The van der Waals surface area contributed by atoms with Crippen molar-refractivity contribution in [3.05, 3.63) is 70.5 Å². The van der Waals surface area contributed by atoms with Gasteiger partial charge in [-0.3, -0.25) is 4.79 Å². The van der Waals surface area contributed by atoms with Crippen molar-refractivity contribution in [1.82, 2.24) is 19.8 Å². The van der Waals surface area contributed by atoms with Crippen LogP contribution in [0.5, 0.6) is 5.75 Å². The summed E-state index contributed by atoms with van der Waals surface area (Å²) in [5.74, 6) is 1.75. The van der Waals surface area contributed by atoms with Gasteiger partial charge in [0, 0.05) is 18.6 Å². The van der Waals surface area contributed by atoms with Crippen molar-refractivity contribution in [2.45, 2.75) is 31.0 Å². The fraction of sp³-hybridized carbons (Fsp3) is 0.304. The van der Waals surface area contributed by atoms with Crippen molar-refractivity contribution in [3.63, 3.8) is 0 Å². The molecule has 0 bridgehead atoms. The molecule has 166 valence electrons. The van der Waals surface area contributed by atoms with Gasteiger partial charge < -0.3 is 9.64 Å². The first kappa shape index (κ1) is 22.4. The van der Waals surface area contributed by atoms with Gasteiger partial charge in [-0.25, -0.2) is 0 Å². The number of aromatic nitrogens is 3. The number of fused-ring (bicyclic) bond motifs is 1. The van der Waals surface area contributed by atoms with E-state index in [-0.39, 0.29) is 5.91 Å². The van der Waals surface area contributed by atoms with Crippen LogP contribution in [0.3, 0.4) is 0 Å². The Morgan fingerprint density at radius 3 is 2.69 bits per heavy atom. The van der Waals surface area contributed by atoms with Gasteiger partial charge in [0.15, 0.2) is 5.82 Å². The van der Waals surface area contributed by atoms with Gasteiger partial charge in [-0.2, -0.15) is 9.78 Å². The van der Waals surface area contributed by atoms with Crippen LogP contribution in [0.15, 0.2) is 58.8 Å². The number of hydrogen-bond donors (Lipinski definition) is 0. The molecule has 1 amide bonds. The van der Waals surface area contributed by atoms with E-state index in [1.165, 1.54) is 11.8 Å². The van der Waals surface area contributed by atoms with E-state index >= 15 is 0 Å². The van der Waals surface area contributed by atoms with Crippen LogP contribution < -0.4 is 4.74 Å². The summed E-state index contributed by atoms with van der Waals surface area (Å²) in [7, 11) is 3.40. The minimum atomic E-state index is -0.474. The van der Waals surface area contributed by atoms with Crippen LogP contribution in [-0.4, -0.2) is 51.3 Å². The summed E-state index contributed by atoms with van der Waals surface area (Å²) >= 11 is 7.51. The second-order valence-electron chi connectivity index (χ2n) is 8.10. The lowest BCUT2D eigenvalue weighted by atomic mass is 9.84. The number of thioether (sulfide) groups is 1. The largest absolute Gasteiger partial charge is 0.497 e. The molecule has 1 aromatic heterocycles. The van der Waals surface area contributed by atoms with Gasteiger partial charge in [-0.05, 0) is 49.2 Å². The summed E-state index contributed by atoms with van der Waals surface area (Å²) in [6, 6.07) is 15.3. The minimum Gasteiger partial charge on any atom is -0.497 e. The Morgan fingerprint density at radius 2 is 1.97 bits per heavy atom. The third kappa shape index (κ3) is 4.38. The van der Waals surface area contributed by atoms with Crippen molar-refractivity contribution in [2.75, 3.05) is 19.9 Å². The maximum Gasteiger partial charge on any atom is 0.271 e. The summed E-state index contributed by atoms with van der Waals surface area (Å²) < 4.78 is 6.97. The van der Waals surface area contributed by atoms with E-state index in [2.05, 4.69) is 29.1 Å². The van der Waals surface area contributed by atoms with Crippen LogP contribution in [0.4, 0.5) is 0 Å². The molecule has 0 aliphatic carbocycles. The molecule has 1 aliphatic heterocycles. The molecule has 7 nitrogen and oxygen atoms in total. The highest BCUT2D eigenvalue weighted by Gasteiger charge is 2.33. The second kappa shape index (κ2) is 8.96. The molecule has 0 fully saturated rings. The highest BCUT2D eigenvalue weighted by Crippen LogP contribution is 2.34. The molecule has 0 radical (unpaired) electrons. The van der Waals surface area contributed by atoms with Gasteiger partial charge >= 0.3 is 0 Å². The summed E-state index contributed by atoms with van der Waals surface area (Å²) in [5, 5.41) is 14.7. The SMILES string of the molecule is COc1cccc(CN(C)C(=O)C2=Nn3c(nnc3C(C)(C)c3ccc(Cl)cc3)SC2)c1. The Bertz CT molecular complexity index is 1170. The van der Waals surface area contributed by atoms with Gasteiger partial charge in [0.1, 0.15) is 11.5 Å². The molecule has 2 aromatic carbocycles. The van der Waals surface area contributed by atoms with Crippen molar-refractivity contribution < 1.29 is 9.53 Å². The third-order valence-corrected chi connectivity index (χ3v) is 6.63. The van der Waals surface area contributed by atoms with E-state index in [9.17, 15) is 4.79 Å². The average molecular weight is 470 g/mol. The molecule has 0 saturated heterocycles. The minimum absolute atomic E-state index is 0.130. The number of amides is 1. The zero-order valence-electron chi connectivity index (χ0n) is 18.4. The number of nitrogens with zero attached hydrogens (tertiary/aromatic N) is 5. The fourth-order valence-corrected chi connectivity index (χ4v) is 4.48. The fourth-order valence-electron chi connectivity index (χ4n) is 3.55. The molecular weight excluding hydrogens is 446 g/mol. The van der Waals surface area contributed by atoms with E-state index < -0.39 is 5.41 Å². The molecule has 32 heavy (non-hydrogen) atoms. The van der Waals surface area contributed by atoms with Gasteiger partial charge in [-0.15, -0.1) is 10.2 Å².